The predicted molar refractivity (Wildman–Crippen MR) is 42.5 cm³/mol. The average molecular weight is 177 g/mol. The minimum atomic E-state index is -0.612. The Bertz CT molecular complexity index is 135. The van der Waals surface area contributed by atoms with Crippen LogP contribution in [0.3, 0.4) is 0 Å². The van der Waals surface area contributed by atoms with Gasteiger partial charge in [0.05, 0.1) is 6.61 Å². The molecule has 0 saturated carbocycles. The number of rotatable bonds is 5. The fourth-order valence-corrected chi connectivity index (χ4v) is 0.886. The summed E-state index contributed by atoms with van der Waals surface area (Å²) in [5.41, 5.74) is 0. The van der Waals surface area contributed by atoms with Crippen LogP contribution in [0.25, 0.3) is 0 Å². The van der Waals surface area contributed by atoms with E-state index in [9.17, 15) is 4.79 Å². The van der Waals surface area contributed by atoms with E-state index in [0.29, 0.717) is 0 Å². The molecule has 0 aromatic carbocycles. The summed E-state index contributed by atoms with van der Waals surface area (Å²) < 4.78 is 9.71. The first-order valence-corrected chi connectivity index (χ1v) is 3.59. The van der Waals surface area contributed by atoms with Gasteiger partial charge in [0.2, 0.25) is 5.91 Å². The molecule has 1 unspecified atom stereocenters. The van der Waals surface area contributed by atoms with Gasteiger partial charge in [0.1, 0.15) is 6.04 Å². The van der Waals surface area contributed by atoms with Gasteiger partial charge >= 0.3 is 0 Å². The van der Waals surface area contributed by atoms with Gasteiger partial charge in [-0.2, -0.15) is 0 Å². The zero-order valence-corrected chi connectivity index (χ0v) is 7.53. The molecule has 5 nitrogen and oxygen atoms in total. The quantitative estimate of drug-likeness (QED) is 0.534. The van der Waals surface area contributed by atoms with Crippen molar-refractivity contribution >= 4 is 5.91 Å². The lowest BCUT2D eigenvalue weighted by Crippen LogP contribution is -2.46. The number of hydrogen-bond donors (Lipinski definition) is 2. The maximum atomic E-state index is 10.6. The van der Waals surface area contributed by atoms with E-state index in [1.165, 1.54) is 21.1 Å². The Labute approximate surface area is 71.7 Å². The maximum absolute atomic E-state index is 10.6. The van der Waals surface area contributed by atoms with Crippen LogP contribution in [0, 0.1) is 0 Å². The SMILES string of the molecule is COC(OC)C(CO)NC(C)=O. The van der Waals surface area contributed by atoms with Gasteiger partial charge in [-0.15, -0.1) is 0 Å². The Morgan fingerprint density at radius 1 is 1.50 bits per heavy atom. The molecule has 0 aliphatic carbocycles. The summed E-state index contributed by atoms with van der Waals surface area (Å²) in [4.78, 5) is 10.6. The standard InChI is InChI=1S/C7H15NO4/c1-5(10)8-6(4-9)7(11-2)12-3/h6-7,9H,4H2,1-3H3,(H,8,10). The van der Waals surface area contributed by atoms with Crippen LogP contribution >= 0.6 is 0 Å². The highest BCUT2D eigenvalue weighted by atomic mass is 16.7. The van der Waals surface area contributed by atoms with Gasteiger partial charge in [0, 0.05) is 21.1 Å². The second-order valence-corrected chi connectivity index (χ2v) is 2.33. The number of aliphatic hydroxyl groups excluding tert-OH is 1. The van der Waals surface area contributed by atoms with Crippen molar-refractivity contribution in [3.8, 4) is 0 Å². The molecule has 0 aliphatic heterocycles. The maximum Gasteiger partial charge on any atom is 0.217 e. The number of hydrogen-bond acceptors (Lipinski definition) is 4. The van der Waals surface area contributed by atoms with E-state index in [-0.39, 0.29) is 12.5 Å². The highest BCUT2D eigenvalue weighted by Crippen LogP contribution is 1.98. The molecule has 0 bridgehead atoms. The molecule has 0 aromatic rings. The Kier molecular flexibility index (Phi) is 5.61. The number of methoxy groups -OCH3 is 2. The second kappa shape index (κ2) is 5.93. The number of amides is 1. The molecule has 0 saturated heterocycles. The molecule has 0 rings (SSSR count). The first-order valence-electron chi connectivity index (χ1n) is 3.59. The smallest absolute Gasteiger partial charge is 0.217 e. The predicted octanol–water partition coefficient (Wildman–Crippen LogP) is -0.898. The Morgan fingerprint density at radius 2 is 2.00 bits per heavy atom. The zero-order valence-electron chi connectivity index (χ0n) is 7.53. The summed E-state index contributed by atoms with van der Waals surface area (Å²) in [6.07, 6.45) is -0.612. The van der Waals surface area contributed by atoms with E-state index in [1.807, 2.05) is 0 Å². The number of ether oxygens (including phenoxy) is 2. The third-order valence-corrected chi connectivity index (χ3v) is 1.38. The van der Waals surface area contributed by atoms with E-state index < -0.39 is 12.3 Å². The summed E-state index contributed by atoms with van der Waals surface area (Å²) in [5.74, 6) is -0.229. The Hall–Kier alpha value is -0.650. The van der Waals surface area contributed by atoms with Crippen molar-refractivity contribution in [2.24, 2.45) is 0 Å². The summed E-state index contributed by atoms with van der Waals surface area (Å²) >= 11 is 0. The van der Waals surface area contributed by atoms with E-state index in [0.717, 1.165) is 0 Å². The fraction of sp³-hybridized carbons (Fsp3) is 0.857. The lowest BCUT2D eigenvalue weighted by atomic mass is 10.3. The molecule has 0 radical (unpaired) electrons. The van der Waals surface area contributed by atoms with Gasteiger partial charge in [-0.1, -0.05) is 0 Å². The molecule has 0 spiro atoms. The highest BCUT2D eigenvalue weighted by molar-refractivity contribution is 5.73. The zero-order chi connectivity index (χ0) is 9.56. The van der Waals surface area contributed by atoms with Crippen molar-refractivity contribution in [1.29, 1.82) is 0 Å². The normalized spacial score (nSPS) is 13.1. The van der Waals surface area contributed by atoms with Crippen molar-refractivity contribution in [3.05, 3.63) is 0 Å². The summed E-state index contributed by atoms with van der Waals surface area (Å²) in [6, 6.07) is -0.516. The molecule has 12 heavy (non-hydrogen) atoms. The van der Waals surface area contributed by atoms with Crippen molar-refractivity contribution in [2.45, 2.75) is 19.3 Å². The van der Waals surface area contributed by atoms with Crippen molar-refractivity contribution in [3.63, 3.8) is 0 Å². The fourth-order valence-electron chi connectivity index (χ4n) is 0.886. The van der Waals surface area contributed by atoms with Crippen molar-refractivity contribution < 1.29 is 19.4 Å². The first kappa shape index (κ1) is 11.4. The van der Waals surface area contributed by atoms with Crippen molar-refractivity contribution in [1.82, 2.24) is 5.32 Å². The molecule has 1 atom stereocenters. The molecule has 0 fully saturated rings. The lowest BCUT2D eigenvalue weighted by molar-refractivity contribution is -0.141. The van der Waals surface area contributed by atoms with Crippen LogP contribution < -0.4 is 5.32 Å². The molecular formula is C7H15NO4. The number of carbonyl (C=O) groups is 1. The molecule has 0 heterocycles. The van der Waals surface area contributed by atoms with E-state index in [4.69, 9.17) is 14.6 Å². The molecular weight excluding hydrogens is 162 g/mol. The highest BCUT2D eigenvalue weighted by Gasteiger charge is 2.20. The molecule has 2 N–H and O–H groups in total. The van der Waals surface area contributed by atoms with E-state index in [1.54, 1.807) is 0 Å². The summed E-state index contributed by atoms with van der Waals surface area (Å²) in [7, 11) is 2.89. The van der Waals surface area contributed by atoms with Gasteiger partial charge in [0.25, 0.3) is 0 Å². The van der Waals surface area contributed by atoms with Gasteiger partial charge in [-0.3, -0.25) is 4.79 Å². The van der Waals surface area contributed by atoms with Crippen LogP contribution in [0.4, 0.5) is 0 Å². The molecule has 72 valence electrons. The summed E-state index contributed by atoms with van der Waals surface area (Å²) in [5, 5.41) is 11.3. The topological polar surface area (TPSA) is 67.8 Å². The molecule has 1 amide bonds. The minimum absolute atomic E-state index is 0.216. The largest absolute Gasteiger partial charge is 0.394 e. The second-order valence-electron chi connectivity index (χ2n) is 2.33. The van der Waals surface area contributed by atoms with Gasteiger partial charge < -0.3 is 19.9 Å². The van der Waals surface area contributed by atoms with E-state index >= 15 is 0 Å². The first-order chi connectivity index (χ1) is 5.65. The number of aliphatic hydroxyl groups is 1. The monoisotopic (exact) mass is 177 g/mol. The Morgan fingerprint density at radius 3 is 2.25 bits per heavy atom. The van der Waals surface area contributed by atoms with Crippen LogP contribution in [-0.4, -0.2) is 44.2 Å². The van der Waals surface area contributed by atoms with Gasteiger partial charge in [-0.25, -0.2) is 0 Å². The Balaban J connectivity index is 4.01. The van der Waals surface area contributed by atoms with E-state index in [2.05, 4.69) is 5.32 Å². The molecule has 5 heteroatoms. The minimum Gasteiger partial charge on any atom is -0.394 e. The van der Waals surface area contributed by atoms with Crippen LogP contribution in [0.5, 0.6) is 0 Å². The number of carbonyl (C=O) groups excluding carboxylic acids is 1. The van der Waals surface area contributed by atoms with Crippen LogP contribution in [0.1, 0.15) is 6.92 Å². The van der Waals surface area contributed by atoms with Gasteiger partial charge in [-0.05, 0) is 0 Å². The molecule has 0 aromatic heterocycles. The van der Waals surface area contributed by atoms with Crippen LogP contribution in [-0.2, 0) is 14.3 Å². The third-order valence-electron chi connectivity index (χ3n) is 1.38. The average Bonchev–Trinajstić information content (AvgIpc) is 2.04. The van der Waals surface area contributed by atoms with Gasteiger partial charge in [0.15, 0.2) is 6.29 Å². The van der Waals surface area contributed by atoms with Crippen LogP contribution in [0.2, 0.25) is 0 Å². The third kappa shape index (κ3) is 3.66. The number of nitrogens with one attached hydrogen (secondary N) is 1. The van der Waals surface area contributed by atoms with Crippen molar-refractivity contribution in [2.75, 3.05) is 20.8 Å². The van der Waals surface area contributed by atoms with Crippen LogP contribution in [0.15, 0.2) is 0 Å². The molecule has 0 aliphatic rings. The lowest BCUT2D eigenvalue weighted by Gasteiger charge is -2.23. The summed E-state index contributed by atoms with van der Waals surface area (Å²) in [6.45, 7) is 1.15.